The summed E-state index contributed by atoms with van der Waals surface area (Å²) in [5.74, 6) is 1.31. The Bertz CT molecular complexity index is 1100. The van der Waals surface area contributed by atoms with Crippen LogP contribution in [0.5, 0.6) is 11.5 Å². The van der Waals surface area contributed by atoms with E-state index in [0.717, 1.165) is 43.4 Å². The minimum Gasteiger partial charge on any atom is -0.490 e. The number of hydrogen-bond donors (Lipinski definition) is 0. The van der Waals surface area contributed by atoms with E-state index in [9.17, 15) is 9.59 Å². The second-order valence-electron chi connectivity index (χ2n) is 14.2. The fourth-order valence-corrected chi connectivity index (χ4v) is 6.01. The summed E-state index contributed by atoms with van der Waals surface area (Å²) in [6.45, 7) is 7.27. The molecule has 0 bridgehead atoms. The third-order valence-electron chi connectivity index (χ3n) is 9.06. The molecule has 0 unspecified atom stereocenters. The van der Waals surface area contributed by atoms with E-state index < -0.39 is 0 Å². The average Bonchev–Trinajstić information content (AvgIpc) is 3.11. The summed E-state index contributed by atoms with van der Waals surface area (Å²) >= 11 is 0. The lowest BCUT2D eigenvalue weighted by Gasteiger charge is -2.14. The molecule has 1 rings (SSSR count). The van der Waals surface area contributed by atoms with Gasteiger partial charge in [-0.1, -0.05) is 146 Å². The van der Waals surface area contributed by atoms with E-state index >= 15 is 0 Å². The predicted octanol–water partition coefficient (Wildman–Crippen LogP) is 14.2. The Morgan fingerprint density at radius 2 is 0.922 bits per heavy atom. The van der Waals surface area contributed by atoms with Crippen molar-refractivity contribution < 1.29 is 19.1 Å². The van der Waals surface area contributed by atoms with Gasteiger partial charge < -0.3 is 9.47 Å². The van der Waals surface area contributed by atoms with Crippen LogP contribution in [0.15, 0.2) is 66.8 Å². The lowest BCUT2D eigenvalue weighted by Crippen LogP contribution is -2.08. The van der Waals surface area contributed by atoms with Crippen molar-refractivity contribution in [3.8, 4) is 11.5 Å². The van der Waals surface area contributed by atoms with Gasteiger partial charge in [-0.15, -0.1) is 0 Å². The quantitative estimate of drug-likeness (QED) is 0.0396. The molecule has 1 aromatic rings. The second kappa shape index (κ2) is 35.5. The van der Waals surface area contributed by atoms with E-state index in [1.165, 1.54) is 129 Å². The van der Waals surface area contributed by atoms with Crippen molar-refractivity contribution in [2.75, 3.05) is 13.2 Å². The van der Waals surface area contributed by atoms with Gasteiger partial charge in [0.1, 0.15) is 11.6 Å². The highest BCUT2D eigenvalue weighted by molar-refractivity contribution is 5.98. The van der Waals surface area contributed by atoms with Gasteiger partial charge in [0.25, 0.3) is 0 Å². The van der Waals surface area contributed by atoms with Crippen LogP contribution in [0.1, 0.15) is 187 Å². The largest absolute Gasteiger partial charge is 0.490 e. The topological polar surface area (TPSA) is 52.6 Å². The van der Waals surface area contributed by atoms with Gasteiger partial charge in [-0.2, -0.15) is 0 Å². The average molecular weight is 705 g/mol. The molecule has 0 amide bonds. The number of Topliss-reactive ketones (excluding diaryl/α,β-unsaturated/α-hetero) is 2. The highest BCUT2D eigenvalue weighted by Gasteiger charge is 2.11. The van der Waals surface area contributed by atoms with Gasteiger partial charge in [-0.05, 0) is 102 Å². The first-order valence-electron chi connectivity index (χ1n) is 21.1. The molecule has 0 aromatic heterocycles. The van der Waals surface area contributed by atoms with Gasteiger partial charge in [0.05, 0.1) is 19.6 Å². The smallest absolute Gasteiger partial charge is 0.161 e. The summed E-state index contributed by atoms with van der Waals surface area (Å²) in [4.78, 5) is 23.7. The number of ether oxygens (including phenoxy) is 2. The second-order valence-corrected chi connectivity index (χ2v) is 14.2. The van der Waals surface area contributed by atoms with Crippen LogP contribution in [-0.2, 0) is 16.0 Å². The van der Waals surface area contributed by atoms with Crippen molar-refractivity contribution in [3.05, 3.63) is 72.4 Å². The summed E-state index contributed by atoms with van der Waals surface area (Å²) < 4.78 is 12.4. The fourth-order valence-electron chi connectivity index (χ4n) is 6.01. The molecule has 0 N–H and O–H groups in total. The van der Waals surface area contributed by atoms with E-state index in [1.807, 2.05) is 18.2 Å². The van der Waals surface area contributed by atoms with Crippen molar-refractivity contribution in [3.63, 3.8) is 0 Å². The zero-order valence-corrected chi connectivity index (χ0v) is 33.3. The highest BCUT2D eigenvalue weighted by Crippen LogP contribution is 2.30. The molecule has 0 heterocycles. The third-order valence-corrected chi connectivity index (χ3v) is 9.06. The van der Waals surface area contributed by atoms with Crippen molar-refractivity contribution >= 4 is 11.6 Å². The molecule has 0 aliphatic heterocycles. The lowest BCUT2D eigenvalue weighted by molar-refractivity contribution is -0.125. The molecule has 4 nitrogen and oxygen atoms in total. The number of hydrogen-bond acceptors (Lipinski definition) is 4. The maximum absolute atomic E-state index is 12.3. The first-order valence-corrected chi connectivity index (χ1v) is 21.1. The molecule has 1 aromatic carbocycles. The molecule has 51 heavy (non-hydrogen) atoms. The SMILES string of the molecule is CCCCC/C=C\C/C=C\CCCCCCCCOc1ccc(CC(=O)CC(C)=O)cc1OCCCCCCCC/C=C\C/C=C\CCCCC. The van der Waals surface area contributed by atoms with Crippen molar-refractivity contribution in [1.29, 1.82) is 0 Å². The van der Waals surface area contributed by atoms with Crippen LogP contribution in [0, 0.1) is 0 Å². The van der Waals surface area contributed by atoms with Gasteiger partial charge >= 0.3 is 0 Å². The molecule has 0 radical (unpaired) electrons. The first-order chi connectivity index (χ1) is 25.1. The molecular weight excluding hydrogens is 629 g/mol. The Hall–Kier alpha value is -2.88. The number of ketones is 2. The highest BCUT2D eigenvalue weighted by atomic mass is 16.5. The molecule has 0 aliphatic rings. The number of allylic oxidation sites excluding steroid dienone is 8. The van der Waals surface area contributed by atoms with Crippen LogP contribution in [-0.4, -0.2) is 24.8 Å². The van der Waals surface area contributed by atoms with Gasteiger partial charge in [0.15, 0.2) is 11.5 Å². The van der Waals surface area contributed by atoms with Crippen molar-refractivity contribution in [2.24, 2.45) is 0 Å². The Labute approximate surface area is 314 Å². The lowest BCUT2D eigenvalue weighted by atomic mass is 10.0. The van der Waals surface area contributed by atoms with Crippen LogP contribution in [0.25, 0.3) is 0 Å². The van der Waals surface area contributed by atoms with Gasteiger partial charge in [-0.3, -0.25) is 9.59 Å². The summed E-state index contributed by atoms with van der Waals surface area (Å²) in [7, 11) is 0. The molecule has 0 aliphatic carbocycles. The van der Waals surface area contributed by atoms with E-state index in [1.54, 1.807) is 0 Å². The van der Waals surface area contributed by atoms with Crippen molar-refractivity contribution in [1.82, 2.24) is 0 Å². The molecule has 288 valence electrons. The van der Waals surface area contributed by atoms with Crippen LogP contribution in [0.4, 0.5) is 0 Å². The zero-order chi connectivity index (χ0) is 36.9. The number of benzene rings is 1. The molecule has 4 heteroatoms. The Morgan fingerprint density at radius 1 is 0.510 bits per heavy atom. The molecular formula is C47H76O4. The molecule has 0 atom stereocenters. The van der Waals surface area contributed by atoms with E-state index in [-0.39, 0.29) is 24.4 Å². The minimum atomic E-state index is -0.0953. The summed E-state index contributed by atoms with van der Waals surface area (Å²) in [6, 6.07) is 5.79. The monoisotopic (exact) mass is 705 g/mol. The molecule has 0 fully saturated rings. The molecule has 0 saturated carbocycles. The van der Waals surface area contributed by atoms with Crippen LogP contribution < -0.4 is 9.47 Å². The number of carbonyl (C=O) groups excluding carboxylic acids is 2. The predicted molar refractivity (Wildman–Crippen MR) is 220 cm³/mol. The van der Waals surface area contributed by atoms with E-state index in [0.29, 0.717) is 19.0 Å². The van der Waals surface area contributed by atoms with E-state index in [2.05, 4.69) is 62.5 Å². The number of unbranched alkanes of at least 4 members (excludes halogenated alkanes) is 18. The standard InChI is InChI=1S/C47H76O4/c1-4-6-8-10-12-14-16-18-20-22-24-26-28-30-32-34-38-50-46-37-36-44(41-45(49)40-43(3)48)42-47(46)51-39-35-33-31-29-27-25-23-21-19-17-15-13-11-9-7-5-2/h12-15,18-21,36-37,42H,4-11,16-17,22-35,38-41H2,1-3H3/b14-12-,15-13-,20-18-,21-19-. The summed E-state index contributed by atoms with van der Waals surface area (Å²) in [5.41, 5.74) is 0.870. The first kappa shape index (κ1) is 46.1. The van der Waals surface area contributed by atoms with Gasteiger partial charge in [0, 0.05) is 6.42 Å². The van der Waals surface area contributed by atoms with Gasteiger partial charge in [0.2, 0.25) is 0 Å². The fraction of sp³-hybridized carbons (Fsp3) is 0.660. The number of carbonyl (C=O) groups is 2. The van der Waals surface area contributed by atoms with Gasteiger partial charge in [-0.25, -0.2) is 0 Å². The Morgan fingerprint density at radius 3 is 1.37 bits per heavy atom. The maximum atomic E-state index is 12.3. The summed E-state index contributed by atoms with van der Waals surface area (Å²) in [5, 5.41) is 0. The van der Waals surface area contributed by atoms with Crippen LogP contribution in [0.2, 0.25) is 0 Å². The zero-order valence-electron chi connectivity index (χ0n) is 33.3. The van der Waals surface area contributed by atoms with Crippen LogP contribution in [0.3, 0.4) is 0 Å². The Kier molecular flexibility index (Phi) is 32.1. The molecule has 0 saturated heterocycles. The third kappa shape index (κ3) is 30.5. The molecule has 0 spiro atoms. The Balaban J connectivity index is 2.28. The van der Waals surface area contributed by atoms with E-state index in [4.69, 9.17) is 9.47 Å². The minimum absolute atomic E-state index is 0.0190. The summed E-state index contributed by atoms with van der Waals surface area (Å²) in [6.07, 6.45) is 48.0. The number of rotatable bonds is 36. The normalized spacial score (nSPS) is 11.9. The van der Waals surface area contributed by atoms with Crippen LogP contribution >= 0.6 is 0 Å². The van der Waals surface area contributed by atoms with Crippen molar-refractivity contribution in [2.45, 2.75) is 188 Å². The maximum Gasteiger partial charge on any atom is 0.161 e.